The van der Waals surface area contributed by atoms with Gasteiger partial charge in [0.05, 0.1) is 23.9 Å². The number of halogens is 2. The maximum absolute atomic E-state index is 13.5. The van der Waals surface area contributed by atoms with Gasteiger partial charge in [0.1, 0.15) is 4.90 Å². The number of rotatable bonds is 6. The molecular formula is C20H20F2N4O3S. The first kappa shape index (κ1) is 21.6. The molecule has 0 aliphatic carbocycles. The van der Waals surface area contributed by atoms with E-state index in [9.17, 15) is 22.0 Å². The van der Waals surface area contributed by atoms with E-state index in [4.69, 9.17) is 5.14 Å². The summed E-state index contributed by atoms with van der Waals surface area (Å²) in [5.41, 5.74) is 1.68. The van der Waals surface area contributed by atoms with Gasteiger partial charge in [-0.2, -0.15) is 5.10 Å². The molecule has 1 amide bonds. The summed E-state index contributed by atoms with van der Waals surface area (Å²) in [7, 11) is -4.23. The summed E-state index contributed by atoms with van der Waals surface area (Å²) in [6.45, 7) is 2.64. The molecule has 158 valence electrons. The number of carbonyl (C=O) groups is 1. The van der Waals surface area contributed by atoms with Crippen LogP contribution >= 0.6 is 0 Å². The van der Waals surface area contributed by atoms with E-state index in [1.165, 1.54) is 18.2 Å². The van der Waals surface area contributed by atoms with Gasteiger partial charge in [0.2, 0.25) is 15.9 Å². The van der Waals surface area contributed by atoms with Crippen LogP contribution in [0.2, 0.25) is 0 Å². The summed E-state index contributed by atoms with van der Waals surface area (Å²) in [4.78, 5) is 11.9. The Labute approximate surface area is 172 Å². The SMILES string of the molecule is Cc1ccc(CC(=O)Nc2ccc(-n3cc(C(C)(F)F)cn3)c(S(N)(=O)=O)c2)cc1. The maximum Gasteiger partial charge on any atom is 0.273 e. The first-order valence-corrected chi connectivity index (χ1v) is 10.4. The van der Waals surface area contributed by atoms with Crippen LogP contribution in [0, 0.1) is 6.92 Å². The highest BCUT2D eigenvalue weighted by Gasteiger charge is 2.27. The fourth-order valence-electron chi connectivity index (χ4n) is 2.79. The number of benzene rings is 2. The Morgan fingerprint density at radius 2 is 1.87 bits per heavy atom. The number of nitrogens with two attached hydrogens (primary N) is 1. The van der Waals surface area contributed by atoms with Gasteiger partial charge in [-0.15, -0.1) is 0 Å². The smallest absolute Gasteiger partial charge is 0.273 e. The van der Waals surface area contributed by atoms with Crippen LogP contribution in [0.15, 0.2) is 59.8 Å². The lowest BCUT2D eigenvalue weighted by Gasteiger charge is -2.12. The third-order valence-electron chi connectivity index (χ3n) is 4.37. The molecule has 7 nitrogen and oxygen atoms in total. The van der Waals surface area contributed by atoms with Crippen LogP contribution < -0.4 is 10.5 Å². The van der Waals surface area contributed by atoms with Crippen molar-refractivity contribution in [2.24, 2.45) is 5.14 Å². The number of alkyl halides is 2. The molecule has 1 aromatic heterocycles. The van der Waals surface area contributed by atoms with Crippen LogP contribution in [-0.4, -0.2) is 24.1 Å². The van der Waals surface area contributed by atoms with Gasteiger partial charge in [-0.25, -0.2) is 27.0 Å². The molecule has 0 atom stereocenters. The van der Waals surface area contributed by atoms with E-state index in [0.717, 1.165) is 28.2 Å². The van der Waals surface area contributed by atoms with Crippen LogP contribution in [0.3, 0.4) is 0 Å². The highest BCUT2D eigenvalue weighted by molar-refractivity contribution is 7.89. The van der Waals surface area contributed by atoms with Gasteiger partial charge in [-0.1, -0.05) is 29.8 Å². The number of aromatic nitrogens is 2. The van der Waals surface area contributed by atoms with Crippen molar-refractivity contribution < 1.29 is 22.0 Å². The Balaban J connectivity index is 1.88. The van der Waals surface area contributed by atoms with Crippen LogP contribution in [0.5, 0.6) is 0 Å². The topological polar surface area (TPSA) is 107 Å². The minimum atomic E-state index is -4.23. The molecule has 0 saturated carbocycles. The number of aryl methyl sites for hydroxylation is 1. The number of nitrogens with zero attached hydrogens (tertiary/aromatic N) is 2. The number of carbonyl (C=O) groups excluding carboxylic acids is 1. The Kier molecular flexibility index (Phi) is 5.73. The first-order chi connectivity index (χ1) is 13.9. The van der Waals surface area contributed by atoms with Crippen molar-refractivity contribution in [1.29, 1.82) is 0 Å². The molecule has 0 spiro atoms. The van der Waals surface area contributed by atoms with Gasteiger partial charge in [0.25, 0.3) is 5.92 Å². The third-order valence-corrected chi connectivity index (χ3v) is 5.31. The van der Waals surface area contributed by atoms with Crippen molar-refractivity contribution in [2.45, 2.75) is 31.1 Å². The van der Waals surface area contributed by atoms with Crippen molar-refractivity contribution in [1.82, 2.24) is 9.78 Å². The standard InChI is InChI=1S/C20H20F2N4O3S/c1-13-3-5-14(6-4-13)9-19(27)25-16-7-8-17(18(10-16)30(23,28)29)26-12-15(11-24-26)20(2,21)22/h3-8,10-12H,9H2,1-2H3,(H,25,27)(H2,23,28,29). The van der Waals surface area contributed by atoms with E-state index in [-0.39, 0.29) is 34.2 Å². The molecule has 0 bridgehead atoms. The molecule has 2 aromatic carbocycles. The third kappa shape index (κ3) is 5.08. The van der Waals surface area contributed by atoms with Gasteiger partial charge < -0.3 is 5.32 Å². The lowest BCUT2D eigenvalue weighted by atomic mass is 10.1. The minimum absolute atomic E-state index is 0.00969. The molecule has 0 unspecified atom stereocenters. The van der Waals surface area contributed by atoms with Crippen LogP contribution in [0.4, 0.5) is 14.5 Å². The van der Waals surface area contributed by atoms with Crippen molar-refractivity contribution in [3.05, 3.63) is 71.5 Å². The van der Waals surface area contributed by atoms with E-state index in [2.05, 4.69) is 10.4 Å². The molecule has 3 rings (SSSR count). The predicted octanol–water partition coefficient (Wildman–Crippen LogP) is 3.12. The summed E-state index contributed by atoms with van der Waals surface area (Å²) in [5.74, 6) is -3.48. The van der Waals surface area contributed by atoms with Gasteiger partial charge in [0, 0.05) is 18.8 Å². The van der Waals surface area contributed by atoms with E-state index < -0.39 is 15.9 Å². The molecule has 3 N–H and O–H groups in total. The number of amides is 1. The van der Waals surface area contributed by atoms with Crippen LogP contribution in [0.1, 0.15) is 23.6 Å². The van der Waals surface area contributed by atoms with Crippen molar-refractivity contribution >= 4 is 21.6 Å². The Bertz CT molecular complexity index is 1180. The molecule has 30 heavy (non-hydrogen) atoms. The maximum atomic E-state index is 13.5. The highest BCUT2D eigenvalue weighted by Crippen LogP contribution is 2.29. The largest absolute Gasteiger partial charge is 0.326 e. The Morgan fingerprint density at radius 1 is 1.20 bits per heavy atom. The van der Waals surface area contributed by atoms with Gasteiger partial charge in [0.15, 0.2) is 0 Å². The molecule has 3 aromatic rings. The molecular weight excluding hydrogens is 414 g/mol. The lowest BCUT2D eigenvalue weighted by Crippen LogP contribution is -2.18. The van der Waals surface area contributed by atoms with Gasteiger partial charge in [-0.3, -0.25) is 4.79 Å². The normalized spacial score (nSPS) is 12.0. The lowest BCUT2D eigenvalue weighted by molar-refractivity contribution is -0.115. The van der Waals surface area contributed by atoms with E-state index in [0.29, 0.717) is 6.92 Å². The summed E-state index contributed by atoms with van der Waals surface area (Å²) in [5, 5.41) is 11.7. The first-order valence-electron chi connectivity index (χ1n) is 8.89. The molecule has 0 radical (unpaired) electrons. The van der Waals surface area contributed by atoms with E-state index >= 15 is 0 Å². The molecule has 0 saturated heterocycles. The summed E-state index contributed by atoms with van der Waals surface area (Å²) >= 11 is 0. The van der Waals surface area contributed by atoms with Crippen molar-refractivity contribution in [3.8, 4) is 5.69 Å². The zero-order valence-electron chi connectivity index (χ0n) is 16.3. The monoisotopic (exact) mass is 434 g/mol. The molecule has 0 fully saturated rings. The highest BCUT2D eigenvalue weighted by atomic mass is 32.2. The summed E-state index contributed by atoms with van der Waals surface area (Å²) < 4.78 is 52.1. The second-order valence-corrected chi connectivity index (χ2v) is 8.53. The number of primary sulfonamides is 1. The van der Waals surface area contributed by atoms with Gasteiger partial charge in [-0.05, 0) is 30.7 Å². The summed E-state index contributed by atoms with van der Waals surface area (Å²) in [6, 6.07) is 11.4. The molecule has 0 aliphatic heterocycles. The zero-order valence-corrected chi connectivity index (χ0v) is 17.1. The van der Waals surface area contributed by atoms with Crippen LogP contribution in [0.25, 0.3) is 5.69 Å². The average molecular weight is 434 g/mol. The average Bonchev–Trinajstić information content (AvgIpc) is 3.13. The molecule has 1 heterocycles. The van der Waals surface area contributed by atoms with Crippen molar-refractivity contribution in [3.63, 3.8) is 0 Å². The number of sulfonamides is 1. The van der Waals surface area contributed by atoms with Gasteiger partial charge >= 0.3 is 0 Å². The van der Waals surface area contributed by atoms with Crippen molar-refractivity contribution in [2.75, 3.05) is 5.32 Å². The second-order valence-electron chi connectivity index (χ2n) is 7.00. The predicted molar refractivity (Wildman–Crippen MR) is 108 cm³/mol. The second kappa shape index (κ2) is 7.96. The number of hydrogen-bond acceptors (Lipinski definition) is 4. The molecule has 10 heteroatoms. The summed E-state index contributed by atoms with van der Waals surface area (Å²) in [6.07, 6.45) is 2.07. The van der Waals surface area contributed by atoms with E-state index in [1.807, 2.05) is 31.2 Å². The Hall–Kier alpha value is -3.11. The number of nitrogens with one attached hydrogen (secondary N) is 1. The van der Waals surface area contributed by atoms with Crippen LogP contribution in [-0.2, 0) is 27.2 Å². The molecule has 0 aliphatic rings. The quantitative estimate of drug-likeness (QED) is 0.622. The minimum Gasteiger partial charge on any atom is -0.326 e. The number of anilines is 1. The number of hydrogen-bond donors (Lipinski definition) is 2. The van der Waals surface area contributed by atoms with E-state index in [1.54, 1.807) is 0 Å². The fraction of sp³-hybridized carbons (Fsp3) is 0.200. The Morgan fingerprint density at radius 3 is 2.43 bits per heavy atom. The fourth-order valence-corrected chi connectivity index (χ4v) is 3.53. The zero-order chi connectivity index (χ0) is 22.1.